The molecule has 3 heterocycles. The number of nitrogen functional groups attached to an aromatic ring is 1. The Bertz CT molecular complexity index is 1690. The fourth-order valence-electron chi connectivity index (χ4n) is 6.56. The molecule has 3 fully saturated rings. The monoisotopic (exact) mass is 652 g/mol. The molecule has 1 saturated heterocycles. The Balaban J connectivity index is 1.17. The predicted molar refractivity (Wildman–Crippen MR) is 168 cm³/mol. The number of aromatic nitrogens is 3. The molecule has 5 atom stereocenters. The van der Waals surface area contributed by atoms with Crippen LogP contribution in [0.25, 0.3) is 5.52 Å². The van der Waals surface area contributed by atoms with Gasteiger partial charge in [0, 0.05) is 6.42 Å². The number of aliphatic hydroxyl groups is 1. The number of carbonyl (C=O) groups is 1. The Labute approximate surface area is 268 Å². The molecule has 6 rings (SSSR count). The number of rotatable bonds is 10. The first kappa shape index (κ1) is 32.4. The second-order valence-corrected chi connectivity index (χ2v) is 15.6. The highest BCUT2D eigenvalue weighted by Crippen LogP contribution is 2.57. The minimum atomic E-state index is -4.26. The fraction of sp³-hybridized carbons (Fsp3) is 0.562. The van der Waals surface area contributed by atoms with Gasteiger partial charge in [-0.25, -0.2) is 14.1 Å². The number of fused-ring (bicyclic) bond motifs is 1. The number of hydrogen-bond acceptors (Lipinski definition) is 11. The quantitative estimate of drug-likeness (QED) is 0.206. The largest absolute Gasteiger partial charge is 0.461 e. The van der Waals surface area contributed by atoms with E-state index < -0.39 is 44.2 Å². The van der Waals surface area contributed by atoms with Gasteiger partial charge in [-0.3, -0.25) is 9.32 Å². The molecule has 14 heteroatoms. The number of carbonyl (C=O) groups excluding carboxylic acids is 1. The zero-order chi connectivity index (χ0) is 32.9. The molecule has 46 heavy (non-hydrogen) atoms. The maximum atomic E-state index is 14.2. The van der Waals surface area contributed by atoms with Crippen molar-refractivity contribution in [3.8, 4) is 11.8 Å². The van der Waals surface area contributed by atoms with Crippen molar-refractivity contribution >= 4 is 25.1 Å². The van der Waals surface area contributed by atoms with Gasteiger partial charge in [0.15, 0.2) is 11.4 Å². The Morgan fingerprint density at radius 3 is 2.59 bits per heavy atom. The van der Waals surface area contributed by atoms with Crippen LogP contribution in [0, 0.1) is 16.7 Å². The first-order valence-corrected chi connectivity index (χ1v) is 17.2. The zero-order valence-electron chi connectivity index (χ0n) is 26.5. The standard InChI is InChI=1S/C32H41N6O7P/c1-20(29(40)43-23-14-31(15-23)12-5-13-31)37-46(41,45-22-8-6-21(7-9-22)30(2,3)4)42-17-26-25(39)16-32(18-33,44-26)27-11-10-24-28(34)35-19-36-38(24)27/h6-11,19-20,23,25-26,39H,5,12-17H2,1-4H3,(H,37,41)(H2,34,35,36)/t20-,25-,26+,32?,46?/m0/s1. The van der Waals surface area contributed by atoms with E-state index in [1.165, 1.54) is 37.0 Å². The second kappa shape index (κ2) is 11.9. The van der Waals surface area contributed by atoms with Gasteiger partial charge in [0.1, 0.15) is 41.9 Å². The highest BCUT2D eigenvalue weighted by atomic mass is 31.2. The van der Waals surface area contributed by atoms with Crippen LogP contribution in [0.4, 0.5) is 5.82 Å². The third-order valence-electron chi connectivity index (χ3n) is 9.43. The van der Waals surface area contributed by atoms with E-state index in [4.69, 9.17) is 24.3 Å². The van der Waals surface area contributed by atoms with E-state index in [1.807, 2.05) is 12.1 Å². The SMILES string of the molecule is C[C@H](NP(=O)(OC[C@H]1OC(C#N)(c2ccc3c(N)ncnn23)C[C@@H]1O)Oc1ccc(C(C)(C)C)cc1)C(=O)OC1CC2(CCC2)C1. The lowest BCUT2D eigenvalue weighted by Gasteiger charge is -2.53. The molecule has 0 radical (unpaired) electrons. The summed E-state index contributed by atoms with van der Waals surface area (Å²) in [6.45, 7) is 7.35. The molecule has 2 aromatic heterocycles. The lowest BCUT2D eigenvalue weighted by molar-refractivity contribution is -0.169. The normalized spacial score (nSPS) is 26.1. The van der Waals surface area contributed by atoms with Gasteiger partial charge in [-0.15, -0.1) is 0 Å². The number of esters is 1. The summed E-state index contributed by atoms with van der Waals surface area (Å²) >= 11 is 0. The van der Waals surface area contributed by atoms with Gasteiger partial charge in [0.25, 0.3) is 0 Å². The van der Waals surface area contributed by atoms with Crippen molar-refractivity contribution in [2.24, 2.45) is 5.41 Å². The Hall–Kier alpha value is -3.53. The van der Waals surface area contributed by atoms with Gasteiger partial charge in [0.05, 0.1) is 18.4 Å². The smallest absolute Gasteiger partial charge is 0.459 e. The van der Waals surface area contributed by atoms with Crippen LogP contribution in [-0.2, 0) is 34.4 Å². The average Bonchev–Trinajstić information content (AvgIpc) is 3.55. The van der Waals surface area contributed by atoms with Crippen LogP contribution in [0.2, 0.25) is 0 Å². The third-order valence-corrected chi connectivity index (χ3v) is 11.1. The molecule has 2 unspecified atom stereocenters. The molecule has 246 valence electrons. The topological polar surface area (TPSA) is 183 Å². The van der Waals surface area contributed by atoms with Crippen molar-refractivity contribution in [1.29, 1.82) is 5.26 Å². The number of nitrogens with zero attached hydrogens (tertiary/aromatic N) is 4. The fourth-order valence-corrected chi connectivity index (χ4v) is 8.06. The van der Waals surface area contributed by atoms with Gasteiger partial charge in [-0.2, -0.15) is 15.4 Å². The van der Waals surface area contributed by atoms with Crippen LogP contribution in [0.5, 0.6) is 5.75 Å². The number of hydrogen-bond donors (Lipinski definition) is 3. The van der Waals surface area contributed by atoms with Crippen molar-refractivity contribution in [3.05, 3.63) is 54.0 Å². The molecule has 13 nitrogen and oxygen atoms in total. The number of nitrogens with one attached hydrogen (secondary N) is 1. The number of anilines is 1. The highest BCUT2D eigenvalue weighted by Gasteiger charge is 2.52. The maximum Gasteiger partial charge on any atom is 0.459 e. The van der Waals surface area contributed by atoms with Crippen LogP contribution >= 0.6 is 7.75 Å². The summed E-state index contributed by atoms with van der Waals surface area (Å²) in [4.78, 5) is 17.0. The predicted octanol–water partition coefficient (Wildman–Crippen LogP) is 4.54. The van der Waals surface area contributed by atoms with Gasteiger partial charge >= 0.3 is 13.7 Å². The number of ether oxygens (including phenoxy) is 2. The molecule has 3 aliphatic rings. The molecule has 3 aromatic rings. The molecule has 1 aromatic carbocycles. The molecule has 4 N–H and O–H groups in total. The number of nitrogens with two attached hydrogens (primary N) is 1. The van der Waals surface area contributed by atoms with Gasteiger partial charge < -0.3 is 24.8 Å². The highest BCUT2D eigenvalue weighted by molar-refractivity contribution is 7.52. The summed E-state index contributed by atoms with van der Waals surface area (Å²) in [5.74, 6) is -0.0804. The van der Waals surface area contributed by atoms with Crippen LogP contribution in [0.1, 0.15) is 77.5 Å². The number of nitriles is 1. The van der Waals surface area contributed by atoms with E-state index in [1.54, 1.807) is 24.3 Å². The van der Waals surface area contributed by atoms with E-state index in [0.717, 1.165) is 18.4 Å². The van der Waals surface area contributed by atoms with Crippen LogP contribution in [0.3, 0.4) is 0 Å². The molecule has 0 amide bonds. The van der Waals surface area contributed by atoms with Crippen LogP contribution < -0.4 is 15.3 Å². The summed E-state index contributed by atoms with van der Waals surface area (Å²) in [6, 6.07) is 11.5. The van der Waals surface area contributed by atoms with Crippen LogP contribution in [0.15, 0.2) is 42.7 Å². The van der Waals surface area contributed by atoms with Crippen molar-refractivity contribution in [2.45, 2.75) is 102 Å². The van der Waals surface area contributed by atoms with Crippen LogP contribution in [-0.4, -0.2) is 56.6 Å². The molecule has 1 spiro atoms. The van der Waals surface area contributed by atoms with E-state index in [-0.39, 0.29) is 29.5 Å². The summed E-state index contributed by atoms with van der Waals surface area (Å²) < 4.78 is 39.2. The minimum absolute atomic E-state index is 0.105. The van der Waals surface area contributed by atoms with Gasteiger partial charge in [0.2, 0.25) is 0 Å². The molecule has 2 aliphatic carbocycles. The second-order valence-electron chi connectivity index (χ2n) is 13.9. The van der Waals surface area contributed by atoms with E-state index in [9.17, 15) is 19.7 Å². The summed E-state index contributed by atoms with van der Waals surface area (Å²) in [6.07, 6.45) is 4.03. The summed E-state index contributed by atoms with van der Waals surface area (Å²) in [5.41, 5.74) is 6.47. The number of benzene rings is 1. The minimum Gasteiger partial charge on any atom is -0.461 e. The zero-order valence-corrected chi connectivity index (χ0v) is 27.4. The maximum absolute atomic E-state index is 14.2. The lowest BCUT2D eigenvalue weighted by Crippen LogP contribution is -2.49. The van der Waals surface area contributed by atoms with Crippen molar-refractivity contribution in [3.63, 3.8) is 0 Å². The van der Waals surface area contributed by atoms with Crippen molar-refractivity contribution in [1.82, 2.24) is 19.7 Å². The first-order chi connectivity index (χ1) is 21.7. The first-order valence-electron chi connectivity index (χ1n) is 15.6. The molecular formula is C32H41N6O7P. The number of aliphatic hydroxyl groups excluding tert-OH is 1. The van der Waals surface area contributed by atoms with Crippen molar-refractivity contribution < 1.29 is 33.0 Å². The molecule has 2 saturated carbocycles. The summed E-state index contributed by atoms with van der Waals surface area (Å²) in [5, 5.41) is 28.1. The molecular weight excluding hydrogens is 611 g/mol. The summed E-state index contributed by atoms with van der Waals surface area (Å²) in [7, 11) is -4.26. The Morgan fingerprint density at radius 2 is 1.96 bits per heavy atom. The average molecular weight is 653 g/mol. The van der Waals surface area contributed by atoms with E-state index >= 15 is 0 Å². The van der Waals surface area contributed by atoms with E-state index in [0.29, 0.717) is 16.6 Å². The third kappa shape index (κ3) is 6.25. The molecule has 1 aliphatic heterocycles. The van der Waals surface area contributed by atoms with Gasteiger partial charge in [-0.1, -0.05) is 39.3 Å². The van der Waals surface area contributed by atoms with Gasteiger partial charge in [-0.05, 0) is 73.3 Å². The lowest BCUT2D eigenvalue weighted by atomic mass is 9.55. The Kier molecular flexibility index (Phi) is 8.40. The van der Waals surface area contributed by atoms with Crippen molar-refractivity contribution in [2.75, 3.05) is 12.3 Å². The Morgan fingerprint density at radius 1 is 1.24 bits per heavy atom. The molecule has 0 bridgehead atoms. The van der Waals surface area contributed by atoms with E-state index in [2.05, 4.69) is 42.0 Å².